The first-order valence-corrected chi connectivity index (χ1v) is 8.37. The van der Waals surface area contributed by atoms with Crippen LogP contribution in [0.3, 0.4) is 0 Å². The minimum Gasteiger partial charge on any atom is -0.368 e. The Balaban J connectivity index is 1.78. The van der Waals surface area contributed by atoms with E-state index < -0.39 is 11.7 Å². The number of hydrogen-bond donors (Lipinski definition) is 1. The van der Waals surface area contributed by atoms with Crippen molar-refractivity contribution >= 4 is 23.4 Å². The summed E-state index contributed by atoms with van der Waals surface area (Å²) >= 11 is 6.01. The summed E-state index contributed by atoms with van der Waals surface area (Å²) in [5.74, 6) is -0.414. The Morgan fingerprint density at radius 3 is 2.92 bits per heavy atom. The molecule has 0 unspecified atom stereocenters. The number of hydrogen-bond acceptors (Lipinski definition) is 3. The summed E-state index contributed by atoms with van der Waals surface area (Å²) in [4.78, 5) is 29.9. The fourth-order valence-electron chi connectivity index (χ4n) is 3.19. The second-order valence-corrected chi connectivity index (χ2v) is 6.50. The topological polar surface area (TPSA) is 81.2 Å². The van der Waals surface area contributed by atoms with Gasteiger partial charge in [0.15, 0.2) is 0 Å². The van der Waals surface area contributed by atoms with Crippen LogP contribution in [0.15, 0.2) is 30.6 Å². The first-order valence-electron chi connectivity index (χ1n) is 7.99. The maximum Gasteiger partial charge on any atom is 0.255 e. The van der Waals surface area contributed by atoms with Gasteiger partial charge in [0.1, 0.15) is 18.2 Å². The fraction of sp³-hybridized carbons (Fsp3) is 0.353. The van der Waals surface area contributed by atoms with Gasteiger partial charge in [-0.1, -0.05) is 11.6 Å². The molecule has 1 aromatic heterocycles. The zero-order valence-electron chi connectivity index (χ0n) is 13.5. The molecule has 25 heavy (non-hydrogen) atoms. The van der Waals surface area contributed by atoms with Gasteiger partial charge in [0.05, 0.1) is 10.6 Å². The number of carbonyl (C=O) groups is 2. The number of rotatable bonds is 4. The van der Waals surface area contributed by atoms with E-state index in [1.165, 1.54) is 12.1 Å². The number of likely N-dealkylation sites (tertiary alicyclic amines) is 1. The summed E-state index contributed by atoms with van der Waals surface area (Å²) in [5, 5.41) is 0.0994. The summed E-state index contributed by atoms with van der Waals surface area (Å²) in [6.07, 6.45) is 4.99. The number of primary amides is 1. The Bertz CT molecular complexity index is 808. The van der Waals surface area contributed by atoms with Gasteiger partial charge >= 0.3 is 0 Å². The number of benzene rings is 1. The molecule has 6 nitrogen and oxygen atoms in total. The van der Waals surface area contributed by atoms with Gasteiger partial charge in [-0.2, -0.15) is 0 Å². The van der Waals surface area contributed by atoms with Crippen LogP contribution < -0.4 is 5.73 Å². The number of halogens is 2. The number of nitrogens with zero attached hydrogens (tertiary/aromatic N) is 3. The molecule has 1 fully saturated rings. The third-order valence-electron chi connectivity index (χ3n) is 4.31. The maximum atomic E-state index is 13.2. The van der Waals surface area contributed by atoms with Gasteiger partial charge in [-0.15, -0.1) is 0 Å². The molecular formula is C17H18ClFN4O2. The molecule has 1 atom stereocenters. The fourth-order valence-corrected chi connectivity index (χ4v) is 3.44. The highest BCUT2D eigenvalue weighted by atomic mass is 35.5. The molecule has 8 heteroatoms. The van der Waals surface area contributed by atoms with Crippen LogP contribution in [0.4, 0.5) is 4.39 Å². The van der Waals surface area contributed by atoms with Crippen molar-refractivity contribution in [2.45, 2.75) is 25.3 Å². The lowest BCUT2D eigenvalue weighted by Gasteiger charge is -2.33. The lowest BCUT2D eigenvalue weighted by Crippen LogP contribution is -2.40. The van der Waals surface area contributed by atoms with Crippen LogP contribution in [-0.4, -0.2) is 39.4 Å². The van der Waals surface area contributed by atoms with Gasteiger partial charge in [0, 0.05) is 31.4 Å². The lowest BCUT2D eigenvalue weighted by atomic mass is 9.96. The van der Waals surface area contributed by atoms with E-state index in [9.17, 15) is 14.0 Å². The average molecular weight is 365 g/mol. The average Bonchev–Trinajstić information content (AvgIpc) is 3.02. The van der Waals surface area contributed by atoms with E-state index in [0.29, 0.717) is 13.1 Å². The second kappa shape index (κ2) is 7.23. The van der Waals surface area contributed by atoms with Crippen molar-refractivity contribution in [3.8, 4) is 0 Å². The Morgan fingerprint density at radius 1 is 1.40 bits per heavy atom. The Hall–Kier alpha value is -2.41. The number of amides is 2. The normalized spacial score (nSPS) is 17.5. The van der Waals surface area contributed by atoms with Gasteiger partial charge < -0.3 is 15.2 Å². The van der Waals surface area contributed by atoms with Crippen LogP contribution >= 0.6 is 11.6 Å². The highest BCUT2D eigenvalue weighted by Crippen LogP contribution is 2.28. The van der Waals surface area contributed by atoms with Crippen molar-refractivity contribution in [1.29, 1.82) is 0 Å². The summed E-state index contributed by atoms with van der Waals surface area (Å²) in [7, 11) is 0. The van der Waals surface area contributed by atoms with Crippen LogP contribution in [0.2, 0.25) is 5.02 Å². The van der Waals surface area contributed by atoms with E-state index in [1.54, 1.807) is 21.9 Å². The zero-order valence-corrected chi connectivity index (χ0v) is 14.2. The predicted molar refractivity (Wildman–Crippen MR) is 90.7 cm³/mol. The Morgan fingerprint density at radius 2 is 2.20 bits per heavy atom. The molecule has 2 heterocycles. The van der Waals surface area contributed by atoms with Gasteiger partial charge in [0.2, 0.25) is 5.91 Å². The third-order valence-corrected chi connectivity index (χ3v) is 4.62. The molecule has 132 valence electrons. The summed E-state index contributed by atoms with van der Waals surface area (Å²) in [5.41, 5.74) is 5.55. The monoisotopic (exact) mass is 364 g/mol. The van der Waals surface area contributed by atoms with Crippen LogP contribution in [-0.2, 0) is 11.3 Å². The van der Waals surface area contributed by atoms with E-state index >= 15 is 0 Å². The van der Waals surface area contributed by atoms with E-state index in [2.05, 4.69) is 4.98 Å². The maximum absolute atomic E-state index is 13.2. The molecule has 1 saturated heterocycles. The molecule has 0 radical (unpaired) electrons. The molecule has 2 N–H and O–H groups in total. The highest BCUT2D eigenvalue weighted by Gasteiger charge is 2.29. The molecular weight excluding hydrogens is 347 g/mol. The van der Waals surface area contributed by atoms with E-state index in [1.807, 2.05) is 0 Å². The Labute approximate surface area is 149 Å². The molecule has 1 aromatic carbocycles. The predicted octanol–water partition coefficient (Wildman–Crippen LogP) is 2.18. The molecule has 0 spiro atoms. The first-order chi connectivity index (χ1) is 12.0. The highest BCUT2D eigenvalue weighted by molar-refractivity contribution is 6.33. The van der Waals surface area contributed by atoms with Crippen molar-refractivity contribution in [3.63, 3.8) is 0 Å². The van der Waals surface area contributed by atoms with Crippen molar-refractivity contribution < 1.29 is 14.0 Å². The molecule has 2 aromatic rings. The minimum absolute atomic E-state index is 0.00581. The quantitative estimate of drug-likeness (QED) is 0.902. The van der Waals surface area contributed by atoms with Crippen molar-refractivity contribution in [2.24, 2.45) is 5.73 Å². The standard InChI is InChI=1S/C17H18ClFN4O2/c18-14-8-12(19)3-4-13(14)17(25)23-6-1-2-11(9-23)16-21-5-7-22(16)10-15(20)24/h3-5,7-8,11H,1-2,6,9-10H2,(H2,20,24)/t11-/m1/s1. The zero-order chi connectivity index (χ0) is 18.0. The molecule has 2 amide bonds. The molecule has 0 saturated carbocycles. The van der Waals surface area contributed by atoms with Crippen LogP contribution in [0.5, 0.6) is 0 Å². The number of aromatic nitrogens is 2. The van der Waals surface area contributed by atoms with Gasteiger partial charge in [-0.3, -0.25) is 9.59 Å². The SMILES string of the molecule is NC(=O)Cn1ccnc1[C@@H]1CCCN(C(=O)c2ccc(F)cc2Cl)C1. The van der Waals surface area contributed by atoms with E-state index in [4.69, 9.17) is 17.3 Å². The largest absolute Gasteiger partial charge is 0.368 e. The second-order valence-electron chi connectivity index (χ2n) is 6.09. The van der Waals surface area contributed by atoms with Crippen molar-refractivity contribution in [2.75, 3.05) is 13.1 Å². The number of nitrogens with two attached hydrogens (primary N) is 1. The van der Waals surface area contributed by atoms with E-state index in [-0.39, 0.29) is 29.0 Å². The number of piperidine rings is 1. The summed E-state index contributed by atoms with van der Waals surface area (Å²) in [6, 6.07) is 3.76. The minimum atomic E-state index is -0.480. The van der Waals surface area contributed by atoms with E-state index in [0.717, 1.165) is 24.7 Å². The molecule has 1 aliphatic rings. The van der Waals surface area contributed by atoms with Crippen LogP contribution in [0, 0.1) is 5.82 Å². The van der Waals surface area contributed by atoms with Gasteiger partial charge in [0.25, 0.3) is 5.91 Å². The smallest absolute Gasteiger partial charge is 0.255 e. The number of carbonyl (C=O) groups excluding carboxylic acids is 2. The first kappa shape index (κ1) is 17.4. The molecule has 1 aliphatic heterocycles. The van der Waals surface area contributed by atoms with Gasteiger partial charge in [-0.25, -0.2) is 9.37 Å². The molecule has 3 rings (SSSR count). The lowest BCUT2D eigenvalue weighted by molar-refractivity contribution is -0.118. The summed E-state index contributed by atoms with van der Waals surface area (Å²) < 4.78 is 14.9. The third kappa shape index (κ3) is 3.82. The molecule has 0 bridgehead atoms. The summed E-state index contributed by atoms with van der Waals surface area (Å²) in [6.45, 7) is 1.12. The van der Waals surface area contributed by atoms with Gasteiger partial charge in [-0.05, 0) is 31.0 Å². The molecule has 0 aliphatic carbocycles. The van der Waals surface area contributed by atoms with Crippen molar-refractivity contribution in [3.05, 3.63) is 52.8 Å². The van der Waals surface area contributed by atoms with Crippen molar-refractivity contribution in [1.82, 2.24) is 14.5 Å². The van der Waals surface area contributed by atoms with Crippen LogP contribution in [0.25, 0.3) is 0 Å². The Kier molecular flexibility index (Phi) is 5.03. The number of imidazole rings is 1. The van der Waals surface area contributed by atoms with Crippen LogP contribution in [0.1, 0.15) is 34.9 Å².